The van der Waals surface area contributed by atoms with Gasteiger partial charge in [0.25, 0.3) is 0 Å². The highest BCUT2D eigenvalue weighted by molar-refractivity contribution is 6.61. The third-order valence-electron chi connectivity index (χ3n) is 5.15. The lowest BCUT2D eigenvalue weighted by atomic mass is 9.78. The summed E-state index contributed by atoms with van der Waals surface area (Å²) in [4.78, 5) is 0. The molecule has 0 saturated carbocycles. The lowest BCUT2D eigenvalue weighted by Gasteiger charge is -2.20. The average Bonchev–Trinajstić information content (AvgIpc) is 3.07. The molecule has 36 heavy (non-hydrogen) atoms. The highest BCUT2D eigenvalue weighted by Crippen LogP contribution is 2.58. The Morgan fingerprint density at radius 1 is 0.472 bits per heavy atom. The summed E-state index contributed by atoms with van der Waals surface area (Å²) in [5, 5.41) is 9.82. The SMILES string of the molecule is OB(Oc1c(F)c(F)c(F)c2c1C(F)(F)c1c(F)c(F)c(F)c(F)c1-2)c1c(F)c(F)c(F)c(F)c1F. The number of alkyl halides is 2. The Morgan fingerprint density at radius 2 is 0.833 bits per heavy atom. The second-order valence-corrected chi connectivity index (χ2v) is 7.06. The molecular formula is C19HBF14O2. The van der Waals surface area contributed by atoms with Gasteiger partial charge in [0.1, 0.15) is 0 Å². The predicted molar refractivity (Wildman–Crippen MR) is 89.0 cm³/mol. The first-order chi connectivity index (χ1) is 16.6. The van der Waals surface area contributed by atoms with E-state index < -0.39 is 116 Å². The van der Waals surface area contributed by atoms with Crippen LogP contribution < -0.4 is 10.1 Å². The molecule has 1 aliphatic carbocycles. The first kappa shape index (κ1) is 25.6. The van der Waals surface area contributed by atoms with E-state index in [2.05, 4.69) is 4.65 Å². The van der Waals surface area contributed by atoms with Gasteiger partial charge in [-0.25, -0.2) is 48.3 Å². The van der Waals surface area contributed by atoms with E-state index in [0.29, 0.717) is 0 Å². The van der Waals surface area contributed by atoms with E-state index in [-0.39, 0.29) is 0 Å². The van der Waals surface area contributed by atoms with Crippen LogP contribution >= 0.6 is 0 Å². The zero-order valence-electron chi connectivity index (χ0n) is 16.2. The van der Waals surface area contributed by atoms with Crippen molar-refractivity contribution in [2.24, 2.45) is 0 Å². The normalized spacial score (nSPS) is 13.6. The Morgan fingerprint density at radius 3 is 1.33 bits per heavy atom. The van der Waals surface area contributed by atoms with E-state index in [1.807, 2.05) is 0 Å². The molecule has 0 amide bonds. The van der Waals surface area contributed by atoms with Gasteiger partial charge in [0, 0.05) is 11.1 Å². The minimum atomic E-state index is -5.30. The van der Waals surface area contributed by atoms with Crippen LogP contribution in [0.4, 0.5) is 61.5 Å². The van der Waals surface area contributed by atoms with Gasteiger partial charge in [0.05, 0.1) is 16.6 Å². The van der Waals surface area contributed by atoms with E-state index in [1.165, 1.54) is 0 Å². The van der Waals surface area contributed by atoms with Crippen LogP contribution in [0.1, 0.15) is 11.1 Å². The number of fused-ring (bicyclic) bond motifs is 3. The maximum Gasteiger partial charge on any atom is 0.566 e. The fraction of sp³-hybridized carbons (Fsp3) is 0.0526. The van der Waals surface area contributed by atoms with Crippen molar-refractivity contribution in [3.63, 3.8) is 0 Å². The summed E-state index contributed by atoms with van der Waals surface area (Å²) in [5.74, 6) is -41.1. The maximum absolute atomic E-state index is 15.0. The van der Waals surface area contributed by atoms with Gasteiger partial charge in [0.2, 0.25) is 5.82 Å². The number of halogens is 14. The van der Waals surface area contributed by atoms with Crippen molar-refractivity contribution in [3.8, 4) is 16.9 Å². The molecule has 17 heteroatoms. The Hall–Kier alpha value is -3.50. The quantitative estimate of drug-likeness (QED) is 0.214. The fourth-order valence-corrected chi connectivity index (χ4v) is 3.58. The summed E-state index contributed by atoms with van der Waals surface area (Å²) in [5.41, 5.74) is -11.5. The number of hydrogen-bond donors (Lipinski definition) is 1. The summed E-state index contributed by atoms with van der Waals surface area (Å²) >= 11 is 0. The van der Waals surface area contributed by atoms with Crippen LogP contribution in [0, 0.1) is 69.8 Å². The lowest BCUT2D eigenvalue weighted by Crippen LogP contribution is -2.43. The summed E-state index contributed by atoms with van der Waals surface area (Å²) in [7, 11) is -3.62. The average molecular weight is 538 g/mol. The van der Waals surface area contributed by atoms with Crippen molar-refractivity contribution in [3.05, 3.63) is 80.9 Å². The van der Waals surface area contributed by atoms with Gasteiger partial charge in [-0.05, 0) is 0 Å². The van der Waals surface area contributed by atoms with Crippen LogP contribution in [-0.2, 0) is 5.92 Å². The van der Waals surface area contributed by atoms with Gasteiger partial charge in [0.15, 0.2) is 69.7 Å². The van der Waals surface area contributed by atoms with Crippen molar-refractivity contribution in [1.82, 2.24) is 0 Å². The van der Waals surface area contributed by atoms with Gasteiger partial charge in [-0.1, -0.05) is 0 Å². The molecule has 0 atom stereocenters. The Balaban J connectivity index is 2.03. The molecule has 0 aliphatic heterocycles. The van der Waals surface area contributed by atoms with E-state index in [9.17, 15) is 66.5 Å². The summed E-state index contributed by atoms with van der Waals surface area (Å²) in [6.07, 6.45) is 0. The van der Waals surface area contributed by atoms with Gasteiger partial charge in [-0.3, -0.25) is 0 Å². The summed E-state index contributed by atoms with van der Waals surface area (Å²) in [6.45, 7) is 0. The topological polar surface area (TPSA) is 29.5 Å². The Kier molecular flexibility index (Phi) is 5.69. The molecule has 0 fully saturated rings. The van der Waals surface area contributed by atoms with Crippen molar-refractivity contribution in [2.75, 3.05) is 0 Å². The molecule has 0 heterocycles. The lowest BCUT2D eigenvalue weighted by molar-refractivity contribution is 0.0404. The van der Waals surface area contributed by atoms with Crippen molar-refractivity contribution < 1.29 is 71.1 Å². The smallest absolute Gasteiger partial charge is 0.530 e. The van der Waals surface area contributed by atoms with Crippen LogP contribution in [0.3, 0.4) is 0 Å². The fourth-order valence-electron chi connectivity index (χ4n) is 3.58. The third-order valence-corrected chi connectivity index (χ3v) is 5.15. The van der Waals surface area contributed by atoms with Crippen LogP contribution in [-0.4, -0.2) is 12.1 Å². The largest absolute Gasteiger partial charge is 0.566 e. The molecule has 0 aromatic heterocycles. The molecule has 3 aromatic carbocycles. The van der Waals surface area contributed by atoms with E-state index >= 15 is 0 Å². The minimum absolute atomic E-state index is 2.14. The molecule has 1 N–H and O–H groups in total. The summed E-state index contributed by atoms with van der Waals surface area (Å²) in [6, 6.07) is 0. The first-order valence-electron chi connectivity index (χ1n) is 8.88. The van der Waals surface area contributed by atoms with Crippen molar-refractivity contribution in [1.29, 1.82) is 0 Å². The highest BCUT2D eigenvalue weighted by Gasteiger charge is 2.55. The number of hydrogen-bond acceptors (Lipinski definition) is 2. The number of benzene rings is 3. The van der Waals surface area contributed by atoms with E-state index in [1.54, 1.807) is 0 Å². The van der Waals surface area contributed by atoms with Crippen LogP contribution in [0.5, 0.6) is 5.75 Å². The van der Waals surface area contributed by atoms with E-state index in [4.69, 9.17) is 0 Å². The maximum atomic E-state index is 15.0. The van der Waals surface area contributed by atoms with Crippen LogP contribution in [0.2, 0.25) is 0 Å². The minimum Gasteiger partial charge on any atom is -0.530 e. The predicted octanol–water partition coefficient (Wildman–Crippen LogP) is 5.24. The highest BCUT2D eigenvalue weighted by atomic mass is 19.3. The molecule has 0 bridgehead atoms. The molecule has 0 spiro atoms. The molecule has 4 rings (SSSR count). The third kappa shape index (κ3) is 3.10. The molecule has 1 aliphatic rings. The summed E-state index contributed by atoms with van der Waals surface area (Å²) < 4.78 is 200. The molecular weight excluding hydrogens is 537 g/mol. The molecule has 0 radical (unpaired) electrons. The van der Waals surface area contributed by atoms with Crippen LogP contribution in [0.25, 0.3) is 11.1 Å². The molecule has 0 saturated heterocycles. The molecule has 190 valence electrons. The monoisotopic (exact) mass is 538 g/mol. The van der Waals surface area contributed by atoms with Gasteiger partial charge >= 0.3 is 13.0 Å². The van der Waals surface area contributed by atoms with Crippen molar-refractivity contribution >= 4 is 12.6 Å². The second-order valence-electron chi connectivity index (χ2n) is 7.06. The Labute approximate surface area is 188 Å². The van der Waals surface area contributed by atoms with Crippen molar-refractivity contribution in [2.45, 2.75) is 5.92 Å². The second kappa shape index (κ2) is 8.01. The van der Waals surface area contributed by atoms with Gasteiger partial charge in [-0.2, -0.15) is 13.2 Å². The standard InChI is InChI=1S/C19HBF14O2/c21-6-1-2-4(19(33,34)3(1)8(23)13(28)11(6)26)18(17(32)12(27)7(2)22)36-20(35)5-9(24)14(29)16(31)15(30)10(5)25/h35H. The van der Waals surface area contributed by atoms with Crippen LogP contribution in [0.15, 0.2) is 0 Å². The zero-order valence-corrected chi connectivity index (χ0v) is 16.2. The zero-order chi connectivity index (χ0) is 27.2. The Bertz CT molecular complexity index is 1460. The number of rotatable bonds is 3. The first-order valence-corrected chi connectivity index (χ1v) is 8.88. The van der Waals surface area contributed by atoms with Gasteiger partial charge < -0.3 is 9.68 Å². The molecule has 2 nitrogen and oxygen atoms in total. The molecule has 3 aromatic rings. The van der Waals surface area contributed by atoms with E-state index in [0.717, 1.165) is 0 Å². The molecule has 0 unspecified atom stereocenters. The van der Waals surface area contributed by atoms with Gasteiger partial charge in [-0.15, -0.1) is 0 Å².